The van der Waals surface area contributed by atoms with Crippen LogP contribution in [0.2, 0.25) is 0 Å². The Morgan fingerprint density at radius 1 is 1.23 bits per heavy atom. The van der Waals surface area contributed by atoms with E-state index in [4.69, 9.17) is 4.74 Å². The van der Waals surface area contributed by atoms with Crippen molar-refractivity contribution in [1.29, 1.82) is 0 Å². The van der Waals surface area contributed by atoms with Crippen molar-refractivity contribution < 1.29 is 13.9 Å². The Morgan fingerprint density at radius 3 is 2.77 bits per heavy atom. The minimum absolute atomic E-state index is 0.121. The summed E-state index contributed by atoms with van der Waals surface area (Å²) in [6.45, 7) is 2.87. The zero-order valence-electron chi connectivity index (χ0n) is 14.4. The van der Waals surface area contributed by atoms with Gasteiger partial charge in [-0.3, -0.25) is 9.78 Å². The number of aryl methyl sites for hydroxylation is 1. The summed E-state index contributed by atoms with van der Waals surface area (Å²) in [6.07, 6.45) is 5.26. The Kier molecular flexibility index (Phi) is 5.58. The van der Waals surface area contributed by atoms with Gasteiger partial charge >= 0.3 is 0 Å². The van der Waals surface area contributed by atoms with E-state index in [-0.39, 0.29) is 18.3 Å². The molecule has 1 amide bonds. The second kappa shape index (κ2) is 8.24. The largest absolute Gasteiger partial charge is 0.484 e. The molecule has 0 atom stereocenters. The normalized spacial score (nSPS) is 10.5. The van der Waals surface area contributed by atoms with Crippen molar-refractivity contribution in [3.05, 3.63) is 66.5 Å². The fourth-order valence-corrected chi connectivity index (χ4v) is 2.51. The van der Waals surface area contributed by atoms with Gasteiger partial charge in [0.05, 0.1) is 0 Å². The number of amides is 1. The van der Waals surface area contributed by atoms with Crippen LogP contribution in [-0.4, -0.2) is 33.6 Å². The monoisotopic (exact) mass is 354 g/mol. The zero-order chi connectivity index (χ0) is 18.4. The molecule has 0 saturated heterocycles. The van der Waals surface area contributed by atoms with Gasteiger partial charge in [0.15, 0.2) is 6.61 Å². The van der Waals surface area contributed by atoms with Crippen LogP contribution in [0.25, 0.3) is 11.4 Å². The van der Waals surface area contributed by atoms with Gasteiger partial charge in [-0.2, -0.15) is 0 Å². The van der Waals surface area contributed by atoms with Gasteiger partial charge in [0.25, 0.3) is 5.91 Å². The van der Waals surface area contributed by atoms with Crippen molar-refractivity contribution in [3.63, 3.8) is 0 Å². The van der Waals surface area contributed by atoms with E-state index in [2.05, 4.69) is 15.3 Å². The minimum atomic E-state index is -0.345. The number of carbonyl (C=O) groups excluding carboxylic acids is 1. The molecule has 3 rings (SSSR count). The maximum absolute atomic E-state index is 12.8. The van der Waals surface area contributed by atoms with Gasteiger partial charge in [0.1, 0.15) is 17.4 Å². The van der Waals surface area contributed by atoms with E-state index < -0.39 is 0 Å². The molecule has 2 aromatic heterocycles. The number of aromatic nitrogens is 3. The minimum Gasteiger partial charge on any atom is -0.484 e. The van der Waals surface area contributed by atoms with E-state index in [9.17, 15) is 9.18 Å². The average molecular weight is 354 g/mol. The number of hydrogen-bond donors (Lipinski definition) is 1. The Morgan fingerprint density at radius 2 is 2.04 bits per heavy atom. The van der Waals surface area contributed by atoms with E-state index >= 15 is 0 Å². The lowest BCUT2D eigenvalue weighted by atomic mass is 10.2. The highest BCUT2D eigenvalue weighted by Gasteiger charge is 2.10. The third-order valence-electron chi connectivity index (χ3n) is 3.82. The van der Waals surface area contributed by atoms with Crippen molar-refractivity contribution in [2.75, 3.05) is 13.2 Å². The van der Waals surface area contributed by atoms with Crippen molar-refractivity contribution >= 4 is 5.91 Å². The molecule has 3 aromatic rings. The highest BCUT2D eigenvalue weighted by molar-refractivity contribution is 5.77. The summed E-state index contributed by atoms with van der Waals surface area (Å²) in [7, 11) is 0. The molecule has 0 fully saturated rings. The predicted molar refractivity (Wildman–Crippen MR) is 95.1 cm³/mol. The van der Waals surface area contributed by atoms with Gasteiger partial charge in [0, 0.05) is 42.9 Å². The lowest BCUT2D eigenvalue weighted by molar-refractivity contribution is -0.123. The van der Waals surface area contributed by atoms with Crippen molar-refractivity contribution in [2.24, 2.45) is 0 Å². The Bertz CT molecular complexity index is 863. The van der Waals surface area contributed by atoms with Crippen LogP contribution >= 0.6 is 0 Å². The molecule has 0 saturated carbocycles. The standard InChI is InChI=1S/C19H19FN4O2/c1-14-11-23-19(15-3-2-8-21-12-15)24(14)10-9-22-18(25)13-26-17-6-4-16(20)5-7-17/h2-8,11-12H,9-10,13H2,1H3,(H,22,25). The summed E-state index contributed by atoms with van der Waals surface area (Å²) in [5.74, 6) is 0.676. The van der Waals surface area contributed by atoms with Crippen LogP contribution in [0, 0.1) is 12.7 Å². The van der Waals surface area contributed by atoms with Crippen molar-refractivity contribution in [1.82, 2.24) is 19.9 Å². The summed E-state index contributed by atoms with van der Waals surface area (Å²) >= 11 is 0. The molecule has 6 nitrogen and oxygen atoms in total. The number of rotatable bonds is 7. The van der Waals surface area contributed by atoms with Crippen LogP contribution in [0.15, 0.2) is 55.0 Å². The van der Waals surface area contributed by atoms with E-state index in [1.165, 1.54) is 24.3 Å². The highest BCUT2D eigenvalue weighted by atomic mass is 19.1. The lowest BCUT2D eigenvalue weighted by Gasteiger charge is -2.11. The topological polar surface area (TPSA) is 69.0 Å². The maximum Gasteiger partial charge on any atom is 0.258 e. The third kappa shape index (κ3) is 4.44. The number of carbonyl (C=O) groups is 1. The molecule has 0 unspecified atom stereocenters. The Balaban J connectivity index is 1.51. The highest BCUT2D eigenvalue weighted by Crippen LogP contribution is 2.18. The van der Waals surface area contributed by atoms with Crippen LogP contribution < -0.4 is 10.1 Å². The van der Waals surface area contributed by atoms with Crippen molar-refractivity contribution in [3.8, 4) is 17.1 Å². The number of nitrogens with one attached hydrogen (secondary N) is 1. The molecule has 1 N–H and O–H groups in total. The number of hydrogen-bond acceptors (Lipinski definition) is 4. The molecule has 0 aliphatic heterocycles. The van der Waals surface area contributed by atoms with Crippen LogP contribution in [-0.2, 0) is 11.3 Å². The van der Waals surface area contributed by atoms with Gasteiger partial charge < -0.3 is 14.6 Å². The van der Waals surface area contributed by atoms with Gasteiger partial charge in [0.2, 0.25) is 0 Å². The fraction of sp³-hybridized carbons (Fsp3) is 0.211. The predicted octanol–water partition coefficient (Wildman–Crippen LogP) is 2.59. The SMILES string of the molecule is Cc1cnc(-c2cccnc2)n1CCNC(=O)COc1ccc(F)cc1. The Hall–Kier alpha value is -3.22. The molecule has 0 spiro atoms. The Labute approximate surface area is 150 Å². The molecule has 134 valence electrons. The maximum atomic E-state index is 12.8. The van der Waals surface area contributed by atoms with E-state index in [1.54, 1.807) is 18.6 Å². The molecule has 26 heavy (non-hydrogen) atoms. The second-order valence-electron chi connectivity index (χ2n) is 5.71. The summed E-state index contributed by atoms with van der Waals surface area (Å²) < 4.78 is 20.2. The van der Waals surface area contributed by atoms with E-state index in [1.807, 2.05) is 23.6 Å². The molecule has 0 aliphatic carbocycles. The molecular formula is C19H19FN4O2. The van der Waals surface area contributed by atoms with Crippen LogP contribution in [0.5, 0.6) is 5.75 Å². The number of benzene rings is 1. The lowest BCUT2D eigenvalue weighted by Crippen LogP contribution is -2.31. The van der Waals surface area contributed by atoms with Gasteiger partial charge in [-0.25, -0.2) is 9.37 Å². The summed E-state index contributed by atoms with van der Waals surface area (Å²) in [5.41, 5.74) is 1.92. The second-order valence-corrected chi connectivity index (χ2v) is 5.71. The van der Waals surface area contributed by atoms with E-state index in [0.29, 0.717) is 18.8 Å². The van der Waals surface area contributed by atoms with Crippen LogP contribution in [0.1, 0.15) is 5.69 Å². The number of imidazole rings is 1. The molecular weight excluding hydrogens is 335 g/mol. The van der Waals surface area contributed by atoms with E-state index in [0.717, 1.165) is 17.1 Å². The molecule has 7 heteroatoms. The van der Waals surface area contributed by atoms with Gasteiger partial charge in [-0.05, 0) is 43.3 Å². The number of nitrogens with zero attached hydrogens (tertiary/aromatic N) is 3. The number of halogens is 1. The third-order valence-corrected chi connectivity index (χ3v) is 3.82. The summed E-state index contributed by atoms with van der Waals surface area (Å²) in [6, 6.07) is 9.35. The fourth-order valence-electron chi connectivity index (χ4n) is 2.51. The zero-order valence-corrected chi connectivity index (χ0v) is 14.4. The number of ether oxygens (including phenoxy) is 1. The number of pyridine rings is 1. The first-order valence-electron chi connectivity index (χ1n) is 8.21. The van der Waals surface area contributed by atoms with Gasteiger partial charge in [-0.15, -0.1) is 0 Å². The molecule has 2 heterocycles. The smallest absolute Gasteiger partial charge is 0.258 e. The first-order chi connectivity index (χ1) is 12.6. The molecule has 0 radical (unpaired) electrons. The van der Waals surface area contributed by atoms with Crippen LogP contribution in [0.4, 0.5) is 4.39 Å². The van der Waals surface area contributed by atoms with Gasteiger partial charge in [-0.1, -0.05) is 0 Å². The molecule has 0 aliphatic rings. The molecule has 0 bridgehead atoms. The quantitative estimate of drug-likeness (QED) is 0.708. The van der Waals surface area contributed by atoms with Crippen LogP contribution in [0.3, 0.4) is 0 Å². The summed E-state index contributed by atoms with van der Waals surface area (Å²) in [4.78, 5) is 20.4. The summed E-state index contributed by atoms with van der Waals surface area (Å²) in [5, 5.41) is 2.81. The average Bonchev–Trinajstić information content (AvgIpc) is 3.03. The first-order valence-corrected chi connectivity index (χ1v) is 8.21. The first kappa shape index (κ1) is 17.6. The van der Waals surface area contributed by atoms with Crippen molar-refractivity contribution in [2.45, 2.75) is 13.5 Å². The molecule has 1 aromatic carbocycles.